The number of anilines is 1. The Morgan fingerprint density at radius 1 is 1.27 bits per heavy atom. The number of nitrogen functional groups attached to an aromatic ring is 1. The molecule has 2 N–H and O–H groups in total. The molecule has 1 aliphatic rings. The van der Waals surface area contributed by atoms with Crippen molar-refractivity contribution in [1.82, 2.24) is 0 Å². The average Bonchev–Trinajstić information content (AvgIpc) is 2.64. The Kier molecular flexibility index (Phi) is 4.93. The van der Waals surface area contributed by atoms with Gasteiger partial charge in [-0.2, -0.15) is 12.6 Å². The molecule has 0 amide bonds. The molecule has 0 spiro atoms. The van der Waals surface area contributed by atoms with Crippen molar-refractivity contribution in [2.75, 3.05) is 11.5 Å². The van der Waals surface area contributed by atoms with Crippen molar-refractivity contribution in [3.05, 3.63) is 33.8 Å². The highest BCUT2D eigenvalue weighted by Crippen LogP contribution is 2.39. The number of rotatable bonds is 3. The zero-order chi connectivity index (χ0) is 16.7. The quantitative estimate of drug-likeness (QED) is 0.493. The van der Waals surface area contributed by atoms with Crippen LogP contribution in [0.25, 0.3) is 6.08 Å². The molecule has 0 aliphatic carbocycles. The largest absolute Gasteiger partial charge is 0.491 e. The van der Waals surface area contributed by atoms with Crippen molar-refractivity contribution in [2.24, 2.45) is 0 Å². The molecular weight excluding hydrogens is 317 g/mol. The topological polar surface area (TPSA) is 44.5 Å². The molecule has 120 valence electrons. The van der Waals surface area contributed by atoms with E-state index >= 15 is 0 Å². The first kappa shape index (κ1) is 17.7. The van der Waals surface area contributed by atoms with Crippen LogP contribution in [0.1, 0.15) is 38.8 Å². The third-order valence-corrected chi connectivity index (χ3v) is 5.40. The fraction of sp³-hybridized carbons (Fsp3) is 0.500. The maximum atomic E-state index is 6.39. The van der Waals surface area contributed by atoms with E-state index in [1.54, 1.807) is 0 Å². The van der Waals surface area contributed by atoms with E-state index in [1.807, 2.05) is 52.8 Å². The number of benzene rings is 1. The lowest BCUT2D eigenvalue weighted by atomic mass is 9.78. The van der Waals surface area contributed by atoms with Crippen LogP contribution in [-0.2, 0) is 9.31 Å². The Balaban J connectivity index is 2.36. The van der Waals surface area contributed by atoms with E-state index < -0.39 is 7.12 Å². The molecule has 0 unspecified atom stereocenters. The smallest absolute Gasteiger partial charge is 0.400 e. The molecule has 1 heterocycles. The summed E-state index contributed by atoms with van der Waals surface area (Å²) in [5.74, 6) is 0.524. The molecule has 1 fully saturated rings. The second kappa shape index (κ2) is 6.12. The molecule has 1 aromatic carbocycles. The summed E-state index contributed by atoms with van der Waals surface area (Å²) < 4.78 is 12.2. The standard InChI is InChI=1S/C16H23BClNO2S/c1-10-13(19)7-6-11(14(10)18)8-12(9-22)17-20-15(2,3)16(4,5)21-17/h6-8,22H,9,19H2,1-5H3. The molecule has 1 saturated heterocycles. The lowest BCUT2D eigenvalue weighted by molar-refractivity contribution is 0.00578. The summed E-state index contributed by atoms with van der Waals surface area (Å²) in [6, 6.07) is 3.76. The van der Waals surface area contributed by atoms with Gasteiger partial charge in [-0.15, -0.1) is 0 Å². The lowest BCUT2D eigenvalue weighted by Gasteiger charge is -2.32. The second-order valence-corrected chi connectivity index (χ2v) is 7.34. The Hall–Kier alpha value is -0.615. The average molecular weight is 340 g/mol. The van der Waals surface area contributed by atoms with Gasteiger partial charge >= 0.3 is 7.12 Å². The van der Waals surface area contributed by atoms with Crippen LogP contribution in [0.2, 0.25) is 5.02 Å². The number of hydrogen-bond acceptors (Lipinski definition) is 4. The molecule has 0 atom stereocenters. The molecule has 6 heteroatoms. The van der Waals surface area contributed by atoms with Crippen molar-refractivity contribution >= 4 is 43.1 Å². The van der Waals surface area contributed by atoms with E-state index in [4.69, 9.17) is 26.6 Å². The molecule has 0 bridgehead atoms. The van der Waals surface area contributed by atoms with Crippen molar-refractivity contribution in [1.29, 1.82) is 0 Å². The van der Waals surface area contributed by atoms with Gasteiger partial charge < -0.3 is 15.0 Å². The fourth-order valence-corrected chi connectivity index (χ4v) is 2.68. The van der Waals surface area contributed by atoms with E-state index in [9.17, 15) is 0 Å². The first-order chi connectivity index (χ1) is 10.1. The highest BCUT2D eigenvalue weighted by Gasteiger charge is 2.52. The minimum Gasteiger partial charge on any atom is -0.400 e. The van der Waals surface area contributed by atoms with Gasteiger partial charge in [0.2, 0.25) is 0 Å². The van der Waals surface area contributed by atoms with Gasteiger partial charge in [-0.3, -0.25) is 0 Å². The predicted molar refractivity (Wildman–Crippen MR) is 98.5 cm³/mol. The van der Waals surface area contributed by atoms with E-state index in [-0.39, 0.29) is 11.2 Å². The first-order valence-corrected chi connectivity index (χ1v) is 8.31. The van der Waals surface area contributed by atoms with Gasteiger partial charge in [0.15, 0.2) is 0 Å². The number of nitrogens with two attached hydrogens (primary N) is 1. The van der Waals surface area contributed by atoms with Crippen LogP contribution in [0, 0.1) is 6.92 Å². The summed E-state index contributed by atoms with van der Waals surface area (Å²) in [5.41, 5.74) is 8.52. The van der Waals surface area contributed by atoms with Gasteiger partial charge in [0, 0.05) is 11.4 Å². The van der Waals surface area contributed by atoms with Crippen LogP contribution >= 0.6 is 24.2 Å². The third-order valence-electron chi connectivity index (χ3n) is 4.54. The third kappa shape index (κ3) is 3.18. The van der Waals surface area contributed by atoms with E-state index in [1.165, 1.54) is 0 Å². The van der Waals surface area contributed by atoms with Crippen LogP contribution in [0.3, 0.4) is 0 Å². The highest BCUT2D eigenvalue weighted by atomic mass is 35.5. The molecule has 0 saturated carbocycles. The molecule has 1 aliphatic heterocycles. The molecule has 3 nitrogen and oxygen atoms in total. The maximum absolute atomic E-state index is 6.39. The van der Waals surface area contributed by atoms with Gasteiger partial charge in [-0.05, 0) is 57.3 Å². The van der Waals surface area contributed by atoms with E-state index in [2.05, 4.69) is 12.6 Å². The summed E-state index contributed by atoms with van der Waals surface area (Å²) in [7, 11) is -0.420. The minimum absolute atomic E-state index is 0.374. The monoisotopic (exact) mass is 339 g/mol. The van der Waals surface area contributed by atoms with Gasteiger partial charge in [0.05, 0.1) is 16.2 Å². The van der Waals surface area contributed by atoms with Crippen molar-refractivity contribution in [3.8, 4) is 0 Å². The predicted octanol–water partition coefficient (Wildman–Crippen LogP) is 4.18. The molecular formula is C16H23BClNO2S. The molecule has 0 aromatic heterocycles. The van der Waals surface area contributed by atoms with Crippen molar-refractivity contribution in [3.63, 3.8) is 0 Å². The molecule has 1 aromatic rings. The number of hydrogen-bond donors (Lipinski definition) is 2. The summed E-state index contributed by atoms with van der Waals surface area (Å²) >= 11 is 10.8. The number of thiol groups is 1. The zero-order valence-electron chi connectivity index (χ0n) is 13.7. The SMILES string of the molecule is Cc1c(N)ccc(C=C(CS)B2OC(C)(C)C(C)(C)O2)c1Cl. The maximum Gasteiger partial charge on any atom is 0.491 e. The summed E-state index contributed by atoms with van der Waals surface area (Å²) in [5, 5.41) is 0.649. The van der Waals surface area contributed by atoms with Crippen LogP contribution in [-0.4, -0.2) is 24.1 Å². The van der Waals surface area contributed by atoms with Crippen LogP contribution in [0.15, 0.2) is 17.6 Å². The summed E-state index contributed by atoms with van der Waals surface area (Å²) in [6.45, 7) is 10.0. The fourth-order valence-electron chi connectivity index (χ4n) is 2.21. The van der Waals surface area contributed by atoms with Gasteiger partial charge in [0.1, 0.15) is 0 Å². The Bertz CT molecular complexity index is 600. The van der Waals surface area contributed by atoms with Crippen LogP contribution < -0.4 is 5.73 Å². The van der Waals surface area contributed by atoms with Gasteiger partial charge in [-0.25, -0.2) is 0 Å². The van der Waals surface area contributed by atoms with Crippen LogP contribution in [0.4, 0.5) is 5.69 Å². The number of halogens is 1. The highest BCUT2D eigenvalue weighted by molar-refractivity contribution is 7.80. The summed E-state index contributed by atoms with van der Waals surface area (Å²) in [4.78, 5) is 0. The molecule has 22 heavy (non-hydrogen) atoms. The van der Waals surface area contributed by atoms with E-state index in [0.717, 1.165) is 16.6 Å². The lowest BCUT2D eigenvalue weighted by Crippen LogP contribution is -2.41. The van der Waals surface area contributed by atoms with Gasteiger partial charge in [0.25, 0.3) is 0 Å². The molecule has 2 rings (SSSR count). The van der Waals surface area contributed by atoms with Gasteiger partial charge in [-0.1, -0.05) is 23.7 Å². The first-order valence-electron chi connectivity index (χ1n) is 7.30. The zero-order valence-corrected chi connectivity index (χ0v) is 15.4. The molecule has 0 radical (unpaired) electrons. The van der Waals surface area contributed by atoms with Crippen molar-refractivity contribution in [2.45, 2.75) is 45.8 Å². The van der Waals surface area contributed by atoms with E-state index in [0.29, 0.717) is 16.5 Å². The van der Waals surface area contributed by atoms with Crippen LogP contribution in [0.5, 0.6) is 0 Å². The minimum atomic E-state index is -0.420. The van der Waals surface area contributed by atoms with Crippen molar-refractivity contribution < 1.29 is 9.31 Å². The second-order valence-electron chi connectivity index (χ2n) is 6.65. The Morgan fingerprint density at radius 3 is 2.32 bits per heavy atom. The normalized spacial score (nSPS) is 20.5. The Labute approximate surface area is 143 Å². The summed E-state index contributed by atoms with van der Waals surface area (Å²) in [6.07, 6.45) is 1.98. The Morgan fingerprint density at radius 2 is 1.82 bits per heavy atom.